The fraction of sp³-hybridized carbons (Fsp3) is 0.0769. The molecule has 2 aromatic rings. The second kappa shape index (κ2) is 5.35. The zero-order valence-electron chi connectivity index (χ0n) is 9.14. The molecule has 0 amide bonds. The molecule has 1 aromatic carbocycles. The number of aryl methyl sites for hydroxylation is 1. The molecule has 0 bridgehead atoms. The van der Waals surface area contributed by atoms with E-state index in [-0.39, 0.29) is 0 Å². The standard InChI is InChI=1S/C13H9BrN2S/c1-9-6-7-10(8-15)13(16-9)17-12-5-3-2-4-11(12)14/h2-7H,1H3. The van der Waals surface area contributed by atoms with Crippen molar-refractivity contribution in [3.63, 3.8) is 0 Å². The van der Waals surface area contributed by atoms with E-state index in [4.69, 9.17) is 5.26 Å². The third-order valence-electron chi connectivity index (χ3n) is 2.16. The molecule has 0 N–H and O–H groups in total. The number of pyridine rings is 1. The van der Waals surface area contributed by atoms with Gasteiger partial charge in [-0.05, 0) is 47.1 Å². The quantitative estimate of drug-likeness (QED) is 0.835. The first kappa shape index (κ1) is 12.2. The van der Waals surface area contributed by atoms with Crippen molar-refractivity contribution in [1.29, 1.82) is 5.26 Å². The van der Waals surface area contributed by atoms with Crippen molar-refractivity contribution in [1.82, 2.24) is 4.98 Å². The van der Waals surface area contributed by atoms with Crippen LogP contribution in [0.15, 0.2) is 50.8 Å². The fourth-order valence-corrected chi connectivity index (χ4v) is 2.79. The highest BCUT2D eigenvalue weighted by atomic mass is 79.9. The van der Waals surface area contributed by atoms with Gasteiger partial charge in [-0.15, -0.1) is 0 Å². The predicted octanol–water partition coefficient (Wildman–Crippen LogP) is 4.18. The zero-order chi connectivity index (χ0) is 12.3. The minimum Gasteiger partial charge on any atom is -0.245 e. The average molecular weight is 305 g/mol. The first-order chi connectivity index (χ1) is 8.20. The lowest BCUT2D eigenvalue weighted by molar-refractivity contribution is 1.05. The Morgan fingerprint density at radius 3 is 2.71 bits per heavy atom. The molecule has 2 rings (SSSR count). The van der Waals surface area contributed by atoms with Gasteiger partial charge < -0.3 is 0 Å². The maximum absolute atomic E-state index is 9.04. The van der Waals surface area contributed by atoms with Crippen LogP contribution >= 0.6 is 27.7 Å². The van der Waals surface area contributed by atoms with Crippen molar-refractivity contribution >= 4 is 27.7 Å². The van der Waals surface area contributed by atoms with E-state index in [1.807, 2.05) is 43.3 Å². The summed E-state index contributed by atoms with van der Waals surface area (Å²) in [6.07, 6.45) is 0. The molecule has 0 unspecified atom stereocenters. The van der Waals surface area contributed by atoms with Gasteiger partial charge in [-0.2, -0.15) is 5.26 Å². The minimum absolute atomic E-state index is 0.608. The Balaban J connectivity index is 2.40. The summed E-state index contributed by atoms with van der Waals surface area (Å²) in [6.45, 7) is 1.92. The molecule has 1 heterocycles. The van der Waals surface area contributed by atoms with E-state index in [0.29, 0.717) is 5.56 Å². The number of halogens is 1. The lowest BCUT2D eigenvalue weighted by Crippen LogP contribution is -1.89. The van der Waals surface area contributed by atoms with Gasteiger partial charge in [0, 0.05) is 15.1 Å². The first-order valence-electron chi connectivity index (χ1n) is 5.01. The molecule has 0 aliphatic rings. The molecule has 0 radical (unpaired) electrons. The summed E-state index contributed by atoms with van der Waals surface area (Å²) in [5.41, 5.74) is 1.52. The molecule has 0 aliphatic carbocycles. The van der Waals surface area contributed by atoms with Gasteiger partial charge in [0.05, 0.1) is 5.56 Å². The Labute approximate surface area is 113 Å². The molecular weight excluding hydrogens is 296 g/mol. The Hall–Kier alpha value is -1.31. The summed E-state index contributed by atoms with van der Waals surface area (Å²) in [5, 5.41) is 9.79. The maximum atomic E-state index is 9.04. The second-order valence-electron chi connectivity index (χ2n) is 3.45. The number of nitrogens with zero attached hydrogens (tertiary/aromatic N) is 2. The van der Waals surface area contributed by atoms with Crippen LogP contribution in [0.3, 0.4) is 0 Å². The SMILES string of the molecule is Cc1ccc(C#N)c(Sc2ccccc2Br)n1. The zero-order valence-corrected chi connectivity index (χ0v) is 11.5. The molecule has 1 aromatic heterocycles. The third kappa shape index (κ3) is 2.87. The Bertz CT molecular complexity index is 590. The van der Waals surface area contributed by atoms with Crippen LogP contribution < -0.4 is 0 Å². The van der Waals surface area contributed by atoms with E-state index in [9.17, 15) is 0 Å². The number of hydrogen-bond donors (Lipinski definition) is 0. The highest BCUT2D eigenvalue weighted by Gasteiger charge is 2.08. The van der Waals surface area contributed by atoms with E-state index < -0.39 is 0 Å². The summed E-state index contributed by atoms with van der Waals surface area (Å²) < 4.78 is 1.01. The van der Waals surface area contributed by atoms with Gasteiger partial charge in [0.15, 0.2) is 0 Å². The van der Waals surface area contributed by atoms with Crippen molar-refractivity contribution in [2.75, 3.05) is 0 Å². The van der Waals surface area contributed by atoms with Crippen molar-refractivity contribution in [3.05, 3.63) is 52.1 Å². The number of hydrogen-bond acceptors (Lipinski definition) is 3. The summed E-state index contributed by atoms with van der Waals surface area (Å²) in [6, 6.07) is 13.7. The maximum Gasteiger partial charge on any atom is 0.119 e. The normalized spacial score (nSPS) is 9.94. The molecule has 4 heteroatoms. The van der Waals surface area contributed by atoms with Gasteiger partial charge in [-0.25, -0.2) is 4.98 Å². The molecule has 0 aliphatic heterocycles. The summed E-state index contributed by atoms with van der Waals surface area (Å²) in [5.74, 6) is 0. The van der Waals surface area contributed by atoms with E-state index >= 15 is 0 Å². The van der Waals surface area contributed by atoms with Crippen molar-refractivity contribution < 1.29 is 0 Å². The van der Waals surface area contributed by atoms with Gasteiger partial charge >= 0.3 is 0 Å². The van der Waals surface area contributed by atoms with Gasteiger partial charge in [-0.1, -0.05) is 23.9 Å². The van der Waals surface area contributed by atoms with Crippen LogP contribution in [-0.4, -0.2) is 4.98 Å². The van der Waals surface area contributed by atoms with Crippen molar-refractivity contribution in [2.24, 2.45) is 0 Å². The van der Waals surface area contributed by atoms with Crippen LogP contribution in [0, 0.1) is 18.3 Å². The van der Waals surface area contributed by atoms with Crippen molar-refractivity contribution in [3.8, 4) is 6.07 Å². The number of benzene rings is 1. The number of nitriles is 1. The third-order valence-corrected chi connectivity index (χ3v) is 4.20. The number of rotatable bonds is 2. The van der Waals surface area contributed by atoms with E-state index in [1.54, 1.807) is 0 Å². The number of aromatic nitrogens is 1. The minimum atomic E-state index is 0.608. The molecule has 2 nitrogen and oxygen atoms in total. The molecule has 0 saturated heterocycles. The van der Waals surface area contributed by atoms with Crippen molar-refractivity contribution in [2.45, 2.75) is 16.8 Å². The summed E-state index contributed by atoms with van der Waals surface area (Å²) in [4.78, 5) is 5.46. The van der Waals surface area contributed by atoms with Crippen LogP contribution in [0.5, 0.6) is 0 Å². The monoisotopic (exact) mass is 304 g/mol. The topological polar surface area (TPSA) is 36.7 Å². The first-order valence-corrected chi connectivity index (χ1v) is 6.62. The Morgan fingerprint density at radius 1 is 1.24 bits per heavy atom. The van der Waals surface area contributed by atoms with Gasteiger partial charge in [0.1, 0.15) is 11.1 Å². The van der Waals surface area contributed by atoms with Gasteiger partial charge in [0.2, 0.25) is 0 Å². The van der Waals surface area contributed by atoms with Crippen LogP contribution in [0.2, 0.25) is 0 Å². The fourth-order valence-electron chi connectivity index (χ4n) is 1.33. The van der Waals surface area contributed by atoms with Gasteiger partial charge in [0.25, 0.3) is 0 Å². The predicted molar refractivity (Wildman–Crippen MR) is 72.0 cm³/mol. The summed E-state index contributed by atoms with van der Waals surface area (Å²) >= 11 is 4.99. The van der Waals surface area contributed by atoms with Crippen LogP contribution in [0.4, 0.5) is 0 Å². The molecule has 17 heavy (non-hydrogen) atoms. The van der Waals surface area contributed by atoms with Crippen LogP contribution in [0.25, 0.3) is 0 Å². The molecule has 0 atom stereocenters. The van der Waals surface area contributed by atoms with Crippen LogP contribution in [-0.2, 0) is 0 Å². The highest BCUT2D eigenvalue weighted by molar-refractivity contribution is 9.10. The molecule has 0 saturated carbocycles. The molecule has 84 valence electrons. The van der Waals surface area contributed by atoms with Crippen LogP contribution in [0.1, 0.15) is 11.3 Å². The van der Waals surface area contributed by atoms with E-state index in [0.717, 1.165) is 20.1 Å². The van der Waals surface area contributed by atoms with Gasteiger partial charge in [-0.3, -0.25) is 0 Å². The molecule has 0 spiro atoms. The summed E-state index contributed by atoms with van der Waals surface area (Å²) in [7, 11) is 0. The molecular formula is C13H9BrN2S. The lowest BCUT2D eigenvalue weighted by Gasteiger charge is -2.05. The molecule has 0 fully saturated rings. The highest BCUT2D eigenvalue weighted by Crippen LogP contribution is 2.33. The van der Waals surface area contributed by atoms with E-state index in [1.165, 1.54) is 11.8 Å². The smallest absolute Gasteiger partial charge is 0.119 e. The Morgan fingerprint density at radius 2 is 2.00 bits per heavy atom. The largest absolute Gasteiger partial charge is 0.245 e. The Kier molecular flexibility index (Phi) is 3.82. The van der Waals surface area contributed by atoms with E-state index in [2.05, 4.69) is 27.0 Å². The lowest BCUT2D eigenvalue weighted by atomic mass is 10.3. The second-order valence-corrected chi connectivity index (χ2v) is 5.33. The average Bonchev–Trinajstić information content (AvgIpc) is 2.32.